The van der Waals surface area contributed by atoms with E-state index in [0.29, 0.717) is 6.42 Å². The lowest BCUT2D eigenvalue weighted by Gasteiger charge is -2.09. The van der Waals surface area contributed by atoms with Crippen molar-refractivity contribution in [2.45, 2.75) is 26.2 Å². The molecule has 0 bridgehead atoms. The molecule has 96 valence electrons. The Kier molecular flexibility index (Phi) is 8.46. The Balaban J connectivity index is 0.00000256. The van der Waals surface area contributed by atoms with E-state index in [1.54, 1.807) is 0 Å². The molecule has 4 heteroatoms. The maximum absolute atomic E-state index is 11.6. The molecule has 0 aromatic heterocycles. The third kappa shape index (κ3) is 5.71. The van der Waals surface area contributed by atoms with Gasteiger partial charge in [0.1, 0.15) is 0 Å². The van der Waals surface area contributed by atoms with Crippen molar-refractivity contribution in [1.82, 2.24) is 5.32 Å². The number of benzene rings is 1. The Morgan fingerprint density at radius 2 is 2.00 bits per heavy atom. The molecule has 0 spiro atoms. The van der Waals surface area contributed by atoms with Crippen LogP contribution < -0.4 is 10.6 Å². The standard InChI is InChI=1S/C13H20N2O.ClH/c1-3-11-7-4-5-8-12(11)15-13(16)9-6-10-14-2;/h4-5,7-8,14H,3,6,9-10H2,1-2H3,(H,15,16);1H. The first-order valence-corrected chi connectivity index (χ1v) is 5.80. The van der Waals surface area contributed by atoms with E-state index < -0.39 is 0 Å². The number of carbonyl (C=O) groups excluding carboxylic acids is 1. The van der Waals surface area contributed by atoms with Crippen molar-refractivity contribution in [3.63, 3.8) is 0 Å². The van der Waals surface area contributed by atoms with E-state index in [1.807, 2.05) is 31.3 Å². The summed E-state index contributed by atoms with van der Waals surface area (Å²) in [5.74, 6) is 0.0937. The summed E-state index contributed by atoms with van der Waals surface area (Å²) in [5.41, 5.74) is 2.13. The van der Waals surface area contributed by atoms with Gasteiger partial charge in [-0.05, 0) is 38.1 Å². The molecule has 1 aromatic rings. The van der Waals surface area contributed by atoms with Crippen LogP contribution in [0.25, 0.3) is 0 Å². The Hall–Kier alpha value is -1.06. The minimum absolute atomic E-state index is 0. The Labute approximate surface area is 109 Å². The van der Waals surface area contributed by atoms with Crippen molar-refractivity contribution in [3.05, 3.63) is 29.8 Å². The van der Waals surface area contributed by atoms with Crippen LogP contribution in [0.2, 0.25) is 0 Å². The van der Waals surface area contributed by atoms with Gasteiger partial charge < -0.3 is 10.6 Å². The monoisotopic (exact) mass is 256 g/mol. The van der Waals surface area contributed by atoms with E-state index in [0.717, 1.165) is 25.1 Å². The number of hydrogen-bond acceptors (Lipinski definition) is 2. The van der Waals surface area contributed by atoms with E-state index in [2.05, 4.69) is 17.6 Å². The number of nitrogens with one attached hydrogen (secondary N) is 2. The minimum Gasteiger partial charge on any atom is -0.326 e. The van der Waals surface area contributed by atoms with Crippen LogP contribution in [-0.2, 0) is 11.2 Å². The summed E-state index contributed by atoms with van der Waals surface area (Å²) < 4.78 is 0. The fourth-order valence-corrected chi connectivity index (χ4v) is 1.59. The van der Waals surface area contributed by atoms with Gasteiger partial charge in [0.05, 0.1) is 0 Å². The first-order valence-electron chi connectivity index (χ1n) is 5.80. The highest BCUT2D eigenvalue weighted by atomic mass is 35.5. The van der Waals surface area contributed by atoms with Gasteiger partial charge in [-0.15, -0.1) is 12.4 Å². The summed E-state index contributed by atoms with van der Waals surface area (Å²) in [6, 6.07) is 7.94. The average molecular weight is 257 g/mol. The van der Waals surface area contributed by atoms with Gasteiger partial charge in [-0.1, -0.05) is 25.1 Å². The van der Waals surface area contributed by atoms with Gasteiger partial charge in [0.25, 0.3) is 0 Å². The van der Waals surface area contributed by atoms with Gasteiger partial charge in [-0.2, -0.15) is 0 Å². The van der Waals surface area contributed by atoms with Crippen molar-refractivity contribution < 1.29 is 4.79 Å². The summed E-state index contributed by atoms with van der Waals surface area (Å²) in [4.78, 5) is 11.6. The molecule has 3 nitrogen and oxygen atoms in total. The topological polar surface area (TPSA) is 41.1 Å². The molecule has 0 fully saturated rings. The van der Waals surface area contributed by atoms with Crippen LogP contribution in [0.4, 0.5) is 5.69 Å². The summed E-state index contributed by atoms with van der Waals surface area (Å²) in [6.07, 6.45) is 2.38. The summed E-state index contributed by atoms with van der Waals surface area (Å²) in [5, 5.41) is 5.98. The fraction of sp³-hybridized carbons (Fsp3) is 0.462. The van der Waals surface area contributed by atoms with Crippen molar-refractivity contribution in [1.29, 1.82) is 0 Å². The number of amides is 1. The maximum atomic E-state index is 11.6. The predicted octanol–water partition coefficient (Wildman–Crippen LogP) is 2.61. The Bertz CT molecular complexity index is 342. The molecular weight excluding hydrogens is 236 g/mol. The second-order valence-electron chi connectivity index (χ2n) is 3.77. The predicted molar refractivity (Wildman–Crippen MR) is 74.9 cm³/mol. The fourth-order valence-electron chi connectivity index (χ4n) is 1.59. The largest absolute Gasteiger partial charge is 0.326 e. The molecule has 1 amide bonds. The molecule has 17 heavy (non-hydrogen) atoms. The van der Waals surface area contributed by atoms with Crippen molar-refractivity contribution in [2.24, 2.45) is 0 Å². The molecule has 0 aliphatic carbocycles. The van der Waals surface area contributed by atoms with E-state index in [1.165, 1.54) is 5.56 Å². The minimum atomic E-state index is 0. The van der Waals surface area contributed by atoms with Crippen LogP contribution in [0.5, 0.6) is 0 Å². The van der Waals surface area contributed by atoms with Crippen molar-refractivity contribution in [2.75, 3.05) is 18.9 Å². The number of rotatable bonds is 6. The quantitative estimate of drug-likeness (QED) is 0.769. The molecule has 0 atom stereocenters. The van der Waals surface area contributed by atoms with E-state index in [4.69, 9.17) is 0 Å². The normalized spacial score (nSPS) is 9.53. The summed E-state index contributed by atoms with van der Waals surface area (Å²) >= 11 is 0. The molecule has 2 N–H and O–H groups in total. The second-order valence-corrected chi connectivity index (χ2v) is 3.77. The van der Waals surface area contributed by atoms with Crippen molar-refractivity contribution in [3.8, 4) is 0 Å². The lowest BCUT2D eigenvalue weighted by atomic mass is 10.1. The first kappa shape index (κ1) is 15.9. The van der Waals surface area contributed by atoms with Gasteiger partial charge in [0.2, 0.25) is 5.91 Å². The molecule has 1 aromatic carbocycles. The van der Waals surface area contributed by atoms with Crippen LogP contribution in [0, 0.1) is 0 Å². The Morgan fingerprint density at radius 1 is 1.29 bits per heavy atom. The molecule has 0 unspecified atom stereocenters. The Morgan fingerprint density at radius 3 is 2.65 bits per heavy atom. The van der Waals surface area contributed by atoms with Crippen LogP contribution in [0.3, 0.4) is 0 Å². The number of anilines is 1. The number of carbonyl (C=O) groups is 1. The maximum Gasteiger partial charge on any atom is 0.224 e. The summed E-state index contributed by atoms with van der Waals surface area (Å²) in [6.45, 7) is 2.97. The van der Waals surface area contributed by atoms with Gasteiger partial charge in [0.15, 0.2) is 0 Å². The van der Waals surface area contributed by atoms with Gasteiger partial charge in [-0.25, -0.2) is 0 Å². The highest BCUT2D eigenvalue weighted by Gasteiger charge is 2.04. The van der Waals surface area contributed by atoms with Crippen LogP contribution in [-0.4, -0.2) is 19.5 Å². The summed E-state index contributed by atoms with van der Waals surface area (Å²) in [7, 11) is 1.89. The molecule has 0 saturated carbocycles. The molecule has 0 radical (unpaired) electrons. The molecule has 0 heterocycles. The third-order valence-corrected chi connectivity index (χ3v) is 2.50. The third-order valence-electron chi connectivity index (χ3n) is 2.50. The lowest BCUT2D eigenvalue weighted by molar-refractivity contribution is -0.116. The lowest BCUT2D eigenvalue weighted by Crippen LogP contribution is -2.15. The zero-order valence-electron chi connectivity index (χ0n) is 10.5. The van der Waals surface area contributed by atoms with Crippen LogP contribution in [0.15, 0.2) is 24.3 Å². The van der Waals surface area contributed by atoms with Gasteiger partial charge in [-0.3, -0.25) is 4.79 Å². The number of halogens is 1. The van der Waals surface area contributed by atoms with E-state index in [9.17, 15) is 4.79 Å². The van der Waals surface area contributed by atoms with E-state index >= 15 is 0 Å². The number of hydrogen-bond donors (Lipinski definition) is 2. The number of aryl methyl sites for hydroxylation is 1. The van der Waals surface area contributed by atoms with Gasteiger partial charge >= 0.3 is 0 Å². The second kappa shape index (κ2) is 9.02. The zero-order chi connectivity index (χ0) is 11.8. The van der Waals surface area contributed by atoms with Gasteiger partial charge in [0, 0.05) is 12.1 Å². The molecule has 0 saturated heterocycles. The number of para-hydroxylation sites is 1. The smallest absolute Gasteiger partial charge is 0.224 e. The average Bonchev–Trinajstić information content (AvgIpc) is 2.30. The SMILES string of the molecule is CCc1ccccc1NC(=O)CCCNC.Cl. The highest BCUT2D eigenvalue weighted by Crippen LogP contribution is 2.15. The van der Waals surface area contributed by atoms with Crippen LogP contribution in [0.1, 0.15) is 25.3 Å². The first-order chi connectivity index (χ1) is 7.77. The zero-order valence-corrected chi connectivity index (χ0v) is 11.3. The van der Waals surface area contributed by atoms with Crippen LogP contribution >= 0.6 is 12.4 Å². The van der Waals surface area contributed by atoms with Crippen molar-refractivity contribution >= 4 is 24.0 Å². The molecule has 1 rings (SSSR count). The molecular formula is C13H21ClN2O. The molecule has 0 aliphatic heterocycles. The molecule has 0 aliphatic rings. The van der Waals surface area contributed by atoms with E-state index in [-0.39, 0.29) is 18.3 Å². The highest BCUT2D eigenvalue weighted by molar-refractivity contribution is 5.91.